The monoisotopic (exact) mass is 345 g/mol. The number of carbonyl (C=O) groups excluding carboxylic acids is 1. The first-order valence-corrected chi connectivity index (χ1v) is 9.01. The van der Waals surface area contributed by atoms with Crippen LogP contribution in [-0.4, -0.2) is 51.0 Å². The third kappa shape index (κ3) is 2.74. The van der Waals surface area contributed by atoms with Crippen molar-refractivity contribution in [2.24, 2.45) is 5.92 Å². The molecule has 0 radical (unpaired) electrons. The molecule has 1 aromatic carbocycles. The van der Waals surface area contributed by atoms with Gasteiger partial charge in [0.1, 0.15) is 0 Å². The van der Waals surface area contributed by atoms with E-state index < -0.39 is 50.6 Å². The van der Waals surface area contributed by atoms with Crippen LogP contribution in [-0.2, 0) is 19.4 Å². The van der Waals surface area contributed by atoms with Crippen molar-refractivity contribution in [1.82, 2.24) is 5.32 Å². The van der Waals surface area contributed by atoms with Crippen LogP contribution in [0, 0.1) is 5.92 Å². The number of methoxy groups -OCH3 is 1. The molecule has 126 valence electrons. The smallest absolute Gasteiger partial charge is 0.260 e. The zero-order chi connectivity index (χ0) is 16.9. The standard InChI is InChI=1S/C15H17F2NO4S/c1-22-14(8-23(20,21)9-14)13(19)18-7-11-12(15(11,16)17)10-5-3-2-4-6-10/h2-6,11-12H,7-9H2,1H3,(H,18,19)/t11-,12-/m1/s1. The summed E-state index contributed by atoms with van der Waals surface area (Å²) in [6.45, 7) is -0.212. The molecule has 2 aliphatic rings. The van der Waals surface area contributed by atoms with Crippen molar-refractivity contribution >= 4 is 15.7 Å². The van der Waals surface area contributed by atoms with Crippen molar-refractivity contribution < 1.29 is 26.7 Å². The van der Waals surface area contributed by atoms with Gasteiger partial charge >= 0.3 is 0 Å². The highest BCUT2D eigenvalue weighted by atomic mass is 32.2. The van der Waals surface area contributed by atoms with Crippen LogP contribution >= 0.6 is 0 Å². The van der Waals surface area contributed by atoms with E-state index in [4.69, 9.17) is 4.74 Å². The molecule has 0 unspecified atom stereocenters. The van der Waals surface area contributed by atoms with Gasteiger partial charge in [0.15, 0.2) is 15.4 Å². The predicted octanol–water partition coefficient (Wildman–Crippen LogP) is 0.965. The summed E-state index contributed by atoms with van der Waals surface area (Å²) < 4.78 is 55.4. The van der Waals surface area contributed by atoms with E-state index in [0.29, 0.717) is 5.56 Å². The van der Waals surface area contributed by atoms with E-state index in [1.807, 2.05) is 0 Å². The van der Waals surface area contributed by atoms with Gasteiger partial charge in [0, 0.05) is 13.7 Å². The Balaban J connectivity index is 1.62. The normalized spacial score (nSPS) is 29.3. The summed E-state index contributed by atoms with van der Waals surface area (Å²) in [5, 5.41) is 2.42. The van der Waals surface area contributed by atoms with Crippen molar-refractivity contribution in [2.45, 2.75) is 17.4 Å². The third-order valence-electron chi connectivity index (χ3n) is 4.55. The summed E-state index contributed by atoms with van der Waals surface area (Å²) in [4.78, 5) is 12.1. The van der Waals surface area contributed by atoms with E-state index in [-0.39, 0.29) is 6.54 Å². The number of nitrogens with one attached hydrogen (secondary N) is 1. The van der Waals surface area contributed by atoms with Crippen LogP contribution < -0.4 is 5.32 Å². The van der Waals surface area contributed by atoms with Crippen LogP contribution in [0.4, 0.5) is 8.78 Å². The number of carbonyl (C=O) groups is 1. The molecule has 8 heteroatoms. The Morgan fingerprint density at radius 1 is 1.30 bits per heavy atom. The number of hydrogen-bond acceptors (Lipinski definition) is 4. The molecule has 1 saturated carbocycles. The fourth-order valence-electron chi connectivity index (χ4n) is 3.13. The number of alkyl halides is 2. The van der Waals surface area contributed by atoms with Crippen molar-refractivity contribution in [3.05, 3.63) is 35.9 Å². The van der Waals surface area contributed by atoms with Crippen LogP contribution in [0.25, 0.3) is 0 Å². The first-order chi connectivity index (χ1) is 10.7. The average Bonchev–Trinajstić information content (AvgIpc) is 3.03. The number of ether oxygens (including phenoxy) is 1. The number of benzene rings is 1. The van der Waals surface area contributed by atoms with Crippen LogP contribution in [0.2, 0.25) is 0 Å². The van der Waals surface area contributed by atoms with E-state index in [1.165, 1.54) is 7.11 Å². The molecule has 0 aromatic heterocycles. The molecule has 1 heterocycles. The number of halogens is 2. The molecule has 0 spiro atoms. The van der Waals surface area contributed by atoms with Crippen LogP contribution in [0.5, 0.6) is 0 Å². The lowest BCUT2D eigenvalue weighted by Crippen LogP contribution is -2.65. The molecule has 2 fully saturated rings. The minimum absolute atomic E-state index is 0.212. The number of amides is 1. The molecule has 1 aromatic rings. The maximum atomic E-state index is 13.9. The lowest BCUT2D eigenvalue weighted by Gasteiger charge is -2.37. The van der Waals surface area contributed by atoms with Gasteiger partial charge in [-0.05, 0) is 5.56 Å². The maximum Gasteiger partial charge on any atom is 0.260 e. The van der Waals surface area contributed by atoms with E-state index in [9.17, 15) is 22.0 Å². The Hall–Kier alpha value is -1.54. The molecule has 1 aliphatic heterocycles. The molecule has 5 nitrogen and oxygen atoms in total. The van der Waals surface area contributed by atoms with E-state index in [2.05, 4.69) is 5.32 Å². The van der Waals surface area contributed by atoms with E-state index in [1.54, 1.807) is 30.3 Å². The minimum atomic E-state index is -3.28. The average molecular weight is 345 g/mol. The molecule has 1 amide bonds. The summed E-state index contributed by atoms with van der Waals surface area (Å²) in [6.07, 6.45) is 0. The number of hydrogen-bond donors (Lipinski definition) is 1. The van der Waals surface area contributed by atoms with Crippen molar-refractivity contribution in [2.75, 3.05) is 25.2 Å². The summed E-state index contributed by atoms with van der Waals surface area (Å²) >= 11 is 0. The lowest BCUT2D eigenvalue weighted by atomic mass is 10.1. The van der Waals surface area contributed by atoms with Crippen molar-refractivity contribution in [3.63, 3.8) is 0 Å². The van der Waals surface area contributed by atoms with Gasteiger partial charge in [-0.15, -0.1) is 0 Å². The Morgan fingerprint density at radius 3 is 2.43 bits per heavy atom. The Labute approximate surface area is 132 Å². The molecular weight excluding hydrogens is 328 g/mol. The molecule has 23 heavy (non-hydrogen) atoms. The highest BCUT2D eigenvalue weighted by Gasteiger charge is 2.68. The van der Waals surface area contributed by atoms with Gasteiger partial charge in [0.2, 0.25) is 0 Å². The quantitative estimate of drug-likeness (QED) is 0.863. The zero-order valence-electron chi connectivity index (χ0n) is 12.5. The second-order valence-electron chi connectivity index (χ2n) is 6.11. The van der Waals surface area contributed by atoms with Crippen LogP contribution in [0.1, 0.15) is 11.5 Å². The summed E-state index contributed by atoms with van der Waals surface area (Å²) in [6, 6.07) is 8.41. The number of rotatable bonds is 5. The predicted molar refractivity (Wildman–Crippen MR) is 79.0 cm³/mol. The second kappa shape index (κ2) is 5.24. The third-order valence-corrected chi connectivity index (χ3v) is 6.37. The van der Waals surface area contributed by atoms with Gasteiger partial charge in [-0.3, -0.25) is 4.79 Å². The summed E-state index contributed by atoms with van der Waals surface area (Å²) in [7, 11) is -2.04. The van der Waals surface area contributed by atoms with Crippen molar-refractivity contribution in [3.8, 4) is 0 Å². The molecular formula is C15H17F2NO4S. The van der Waals surface area contributed by atoms with Crippen LogP contribution in [0.3, 0.4) is 0 Å². The zero-order valence-corrected chi connectivity index (χ0v) is 13.3. The lowest BCUT2D eigenvalue weighted by molar-refractivity contribution is -0.140. The Morgan fingerprint density at radius 2 is 1.91 bits per heavy atom. The first kappa shape index (κ1) is 16.3. The molecule has 1 saturated heterocycles. The first-order valence-electron chi connectivity index (χ1n) is 7.18. The van der Waals surface area contributed by atoms with Crippen molar-refractivity contribution in [1.29, 1.82) is 0 Å². The van der Waals surface area contributed by atoms with Gasteiger partial charge < -0.3 is 10.1 Å². The van der Waals surface area contributed by atoms with Gasteiger partial charge in [0.05, 0.1) is 23.3 Å². The molecule has 1 N–H and O–H groups in total. The second-order valence-corrected chi connectivity index (χ2v) is 8.17. The van der Waals surface area contributed by atoms with E-state index in [0.717, 1.165) is 0 Å². The summed E-state index contributed by atoms with van der Waals surface area (Å²) in [5.41, 5.74) is -0.907. The highest BCUT2D eigenvalue weighted by Crippen LogP contribution is 2.61. The van der Waals surface area contributed by atoms with Gasteiger partial charge in [-0.1, -0.05) is 30.3 Å². The SMILES string of the molecule is COC1(C(=O)NC[C@@H]2[C@@H](c3ccccc3)C2(F)F)CS(=O)(=O)C1. The van der Waals surface area contributed by atoms with E-state index >= 15 is 0 Å². The van der Waals surface area contributed by atoms with Gasteiger partial charge in [0.25, 0.3) is 11.8 Å². The van der Waals surface area contributed by atoms with Gasteiger partial charge in [-0.2, -0.15) is 0 Å². The highest BCUT2D eigenvalue weighted by molar-refractivity contribution is 7.93. The largest absolute Gasteiger partial charge is 0.366 e. The number of sulfone groups is 1. The topological polar surface area (TPSA) is 72.5 Å². The van der Waals surface area contributed by atoms with Gasteiger partial charge in [-0.25, -0.2) is 17.2 Å². The summed E-state index contributed by atoms with van der Waals surface area (Å²) in [5.74, 6) is -6.26. The molecule has 3 rings (SSSR count). The fraction of sp³-hybridized carbons (Fsp3) is 0.533. The van der Waals surface area contributed by atoms with Crippen LogP contribution in [0.15, 0.2) is 30.3 Å². The minimum Gasteiger partial charge on any atom is -0.366 e. The molecule has 2 atom stereocenters. The molecule has 1 aliphatic carbocycles. The Bertz CT molecular complexity index is 708. The Kier molecular flexibility index (Phi) is 3.72. The molecule has 0 bridgehead atoms. The maximum absolute atomic E-state index is 13.9. The fourth-order valence-corrected chi connectivity index (χ4v) is 4.97.